The van der Waals surface area contributed by atoms with Crippen LogP contribution in [0.2, 0.25) is 0 Å². The predicted octanol–water partition coefficient (Wildman–Crippen LogP) is 0.479. The second kappa shape index (κ2) is 6.83. The Hall–Kier alpha value is -3.07. The minimum Gasteiger partial charge on any atom is -0.481 e. The van der Waals surface area contributed by atoms with Gasteiger partial charge in [0.2, 0.25) is 11.8 Å². The van der Waals surface area contributed by atoms with Crippen LogP contribution in [0.4, 0.5) is 5.82 Å². The van der Waals surface area contributed by atoms with Gasteiger partial charge in [-0.1, -0.05) is 12.1 Å². The molecule has 0 spiro atoms. The molecule has 3 aliphatic heterocycles. The molecule has 9 heteroatoms. The van der Waals surface area contributed by atoms with Gasteiger partial charge < -0.3 is 15.2 Å². The van der Waals surface area contributed by atoms with Crippen LogP contribution in [0.1, 0.15) is 23.3 Å². The van der Waals surface area contributed by atoms with E-state index in [2.05, 4.69) is 10.3 Å². The van der Waals surface area contributed by atoms with Gasteiger partial charge in [-0.2, -0.15) is 0 Å². The Morgan fingerprint density at radius 2 is 2.00 bits per heavy atom. The van der Waals surface area contributed by atoms with Gasteiger partial charge in [0.25, 0.3) is 0 Å². The number of carboxylic acid groups (broad SMARTS) is 1. The zero-order chi connectivity index (χ0) is 20.0. The standard InChI is InChI=1S/C19H19N3O6/c1-20-13-4-2-3-10(21-13)11(23)5-6-22-18(26)15-12-7-9(8-14(24)25)17(28-12)16(15)19(22)27/h2-4,7,12,15-17H,5-6,8H2,1H3,(H,20,21)(H,24,25)/t12-,15+,16+,17+/m1/s1. The summed E-state index contributed by atoms with van der Waals surface area (Å²) in [5, 5.41) is 11.8. The van der Waals surface area contributed by atoms with Gasteiger partial charge in [-0.15, -0.1) is 0 Å². The molecule has 2 bridgehead atoms. The van der Waals surface area contributed by atoms with Crippen molar-refractivity contribution in [3.8, 4) is 0 Å². The third-order valence-electron chi connectivity index (χ3n) is 5.43. The Labute approximate surface area is 160 Å². The molecule has 1 aromatic rings. The molecular weight excluding hydrogens is 366 g/mol. The number of carboxylic acids is 1. The maximum absolute atomic E-state index is 12.8. The fourth-order valence-electron chi connectivity index (χ4n) is 4.17. The van der Waals surface area contributed by atoms with Crippen LogP contribution < -0.4 is 5.32 Å². The zero-order valence-corrected chi connectivity index (χ0v) is 15.1. The number of rotatable bonds is 7. The molecule has 3 aliphatic rings. The van der Waals surface area contributed by atoms with E-state index in [0.29, 0.717) is 11.4 Å². The molecule has 0 saturated carbocycles. The van der Waals surface area contributed by atoms with Crippen LogP contribution in [0.5, 0.6) is 0 Å². The fraction of sp³-hybridized carbons (Fsp3) is 0.421. The Morgan fingerprint density at radius 3 is 2.71 bits per heavy atom. The van der Waals surface area contributed by atoms with Crippen molar-refractivity contribution in [1.29, 1.82) is 0 Å². The SMILES string of the molecule is CNc1cccc(C(=O)CCN2C(=O)[C@@H]3[C@H](C2=O)[C@H]2O[C@@H]3C=C2CC(=O)O)n1. The molecule has 0 unspecified atom stereocenters. The van der Waals surface area contributed by atoms with E-state index in [1.165, 1.54) is 0 Å². The molecule has 0 aliphatic carbocycles. The number of hydrogen-bond donors (Lipinski definition) is 2. The number of fused-ring (bicyclic) bond motifs is 5. The lowest BCUT2D eigenvalue weighted by Gasteiger charge is -2.18. The molecule has 2 saturated heterocycles. The van der Waals surface area contributed by atoms with E-state index < -0.39 is 35.9 Å². The number of ketones is 1. The number of ether oxygens (including phenoxy) is 1. The van der Waals surface area contributed by atoms with Gasteiger partial charge in [0.15, 0.2) is 5.78 Å². The second-order valence-electron chi connectivity index (χ2n) is 7.04. The summed E-state index contributed by atoms with van der Waals surface area (Å²) in [6, 6.07) is 5.01. The first-order valence-corrected chi connectivity index (χ1v) is 9.01. The summed E-state index contributed by atoms with van der Waals surface area (Å²) >= 11 is 0. The summed E-state index contributed by atoms with van der Waals surface area (Å²) in [6.45, 7) is -0.0251. The molecule has 4 heterocycles. The fourth-order valence-corrected chi connectivity index (χ4v) is 4.17. The molecule has 1 aromatic heterocycles. The van der Waals surface area contributed by atoms with Crippen molar-refractivity contribution in [3.05, 3.63) is 35.5 Å². The van der Waals surface area contributed by atoms with Crippen LogP contribution in [-0.2, 0) is 19.1 Å². The van der Waals surface area contributed by atoms with Crippen molar-refractivity contribution < 1.29 is 29.0 Å². The molecule has 0 radical (unpaired) electrons. The third kappa shape index (κ3) is 2.88. The van der Waals surface area contributed by atoms with Crippen molar-refractivity contribution in [2.75, 3.05) is 18.9 Å². The van der Waals surface area contributed by atoms with Crippen LogP contribution in [0, 0.1) is 11.8 Å². The smallest absolute Gasteiger partial charge is 0.307 e. The normalized spacial score (nSPS) is 27.8. The van der Waals surface area contributed by atoms with Crippen LogP contribution in [0.25, 0.3) is 0 Å². The average Bonchev–Trinajstić information content (AvgIpc) is 3.31. The number of carbonyl (C=O) groups excluding carboxylic acids is 3. The number of nitrogens with one attached hydrogen (secondary N) is 1. The van der Waals surface area contributed by atoms with Gasteiger partial charge >= 0.3 is 5.97 Å². The number of pyridine rings is 1. The van der Waals surface area contributed by atoms with Crippen molar-refractivity contribution >= 4 is 29.4 Å². The van der Waals surface area contributed by atoms with Crippen molar-refractivity contribution in [3.63, 3.8) is 0 Å². The number of likely N-dealkylation sites (tertiary alicyclic amines) is 1. The van der Waals surface area contributed by atoms with Crippen molar-refractivity contribution in [2.45, 2.75) is 25.0 Å². The predicted molar refractivity (Wildman–Crippen MR) is 95.4 cm³/mol. The minimum atomic E-state index is -1.01. The van der Waals surface area contributed by atoms with Crippen LogP contribution in [0.3, 0.4) is 0 Å². The van der Waals surface area contributed by atoms with E-state index in [4.69, 9.17) is 9.84 Å². The molecule has 28 heavy (non-hydrogen) atoms. The Bertz CT molecular complexity index is 911. The van der Waals surface area contributed by atoms with E-state index in [1.807, 2.05) is 0 Å². The van der Waals surface area contributed by atoms with Crippen LogP contribution in [0.15, 0.2) is 29.8 Å². The lowest BCUT2D eigenvalue weighted by atomic mass is 9.80. The van der Waals surface area contributed by atoms with Gasteiger partial charge in [-0.25, -0.2) is 4.98 Å². The molecule has 146 valence electrons. The van der Waals surface area contributed by atoms with E-state index in [1.54, 1.807) is 31.3 Å². The first kappa shape index (κ1) is 18.3. The summed E-state index contributed by atoms with van der Waals surface area (Å²) in [7, 11) is 1.69. The molecule has 4 rings (SSSR count). The lowest BCUT2D eigenvalue weighted by molar-refractivity contribution is -0.143. The number of Topliss-reactive ketones (excluding diaryl/α,β-unsaturated/α-hetero) is 1. The first-order valence-electron chi connectivity index (χ1n) is 9.01. The largest absolute Gasteiger partial charge is 0.481 e. The Kier molecular flexibility index (Phi) is 4.46. The average molecular weight is 385 g/mol. The topological polar surface area (TPSA) is 126 Å². The number of anilines is 1. The van der Waals surface area contributed by atoms with Gasteiger partial charge in [0.05, 0.1) is 30.5 Å². The van der Waals surface area contributed by atoms with Crippen LogP contribution >= 0.6 is 0 Å². The van der Waals surface area contributed by atoms with E-state index in [9.17, 15) is 19.2 Å². The number of nitrogens with zero attached hydrogens (tertiary/aromatic N) is 2. The summed E-state index contributed by atoms with van der Waals surface area (Å²) in [5.74, 6) is -2.80. The summed E-state index contributed by atoms with van der Waals surface area (Å²) in [4.78, 5) is 54.2. The van der Waals surface area contributed by atoms with Crippen molar-refractivity contribution in [1.82, 2.24) is 9.88 Å². The minimum absolute atomic E-state index is 0.0251. The summed E-state index contributed by atoms with van der Waals surface area (Å²) in [6.07, 6.45) is 0.167. The summed E-state index contributed by atoms with van der Waals surface area (Å²) in [5.41, 5.74) is 0.797. The van der Waals surface area contributed by atoms with Gasteiger partial charge in [0, 0.05) is 20.0 Å². The lowest BCUT2D eigenvalue weighted by Crippen LogP contribution is -2.36. The van der Waals surface area contributed by atoms with E-state index >= 15 is 0 Å². The number of imide groups is 1. The monoisotopic (exact) mass is 385 g/mol. The number of hydrogen-bond acceptors (Lipinski definition) is 7. The van der Waals surface area contributed by atoms with E-state index in [0.717, 1.165) is 4.90 Å². The number of aliphatic carboxylic acids is 1. The van der Waals surface area contributed by atoms with Gasteiger partial charge in [-0.05, 0) is 17.7 Å². The third-order valence-corrected chi connectivity index (χ3v) is 5.43. The highest BCUT2D eigenvalue weighted by atomic mass is 16.5. The highest BCUT2D eigenvalue weighted by Gasteiger charge is 2.62. The van der Waals surface area contributed by atoms with Gasteiger partial charge in [0.1, 0.15) is 11.5 Å². The maximum Gasteiger partial charge on any atom is 0.307 e. The zero-order valence-electron chi connectivity index (χ0n) is 15.1. The molecule has 9 nitrogen and oxygen atoms in total. The number of aromatic nitrogens is 1. The number of carbonyl (C=O) groups is 4. The maximum atomic E-state index is 12.8. The second-order valence-corrected chi connectivity index (χ2v) is 7.04. The highest BCUT2D eigenvalue weighted by Crippen LogP contribution is 2.48. The quantitative estimate of drug-likeness (QED) is 0.394. The molecule has 2 fully saturated rings. The Balaban J connectivity index is 1.44. The first-order chi connectivity index (χ1) is 13.4. The molecule has 4 atom stereocenters. The van der Waals surface area contributed by atoms with Crippen LogP contribution in [-0.4, -0.2) is 64.4 Å². The molecule has 2 amide bonds. The van der Waals surface area contributed by atoms with Gasteiger partial charge in [-0.3, -0.25) is 24.1 Å². The Morgan fingerprint density at radius 1 is 1.25 bits per heavy atom. The molecule has 2 N–H and O–H groups in total. The number of amides is 2. The van der Waals surface area contributed by atoms with E-state index in [-0.39, 0.29) is 36.8 Å². The summed E-state index contributed by atoms with van der Waals surface area (Å²) < 4.78 is 5.65. The highest BCUT2D eigenvalue weighted by molar-refractivity contribution is 6.07. The molecule has 0 aromatic carbocycles. The molecular formula is C19H19N3O6. The van der Waals surface area contributed by atoms with Crippen molar-refractivity contribution in [2.24, 2.45) is 11.8 Å².